The lowest BCUT2D eigenvalue weighted by atomic mass is 9.61. The summed E-state index contributed by atoms with van der Waals surface area (Å²) in [7, 11) is 0. The lowest BCUT2D eigenvalue weighted by molar-refractivity contribution is 0.345. The Labute approximate surface area is 276 Å². The fraction of sp³-hybridized carbons (Fsp3) is 0.415. The summed E-state index contributed by atoms with van der Waals surface area (Å²) < 4.78 is 2.39. The molecule has 222 valence electrons. The number of unbranched alkanes of at least 4 members (excludes halogenated alkanes) is 3. The van der Waals surface area contributed by atoms with Crippen LogP contribution in [0.2, 0.25) is 0 Å². The van der Waals surface area contributed by atoms with Gasteiger partial charge in [0.05, 0.1) is 0 Å². The average molecular weight is 697 g/mol. The minimum atomic E-state index is -0.0388. The zero-order valence-electron chi connectivity index (χ0n) is 25.8. The second-order valence-electron chi connectivity index (χ2n) is 13.6. The van der Waals surface area contributed by atoms with Crippen molar-refractivity contribution in [2.75, 3.05) is 0 Å². The molecule has 3 aliphatic rings. The van der Waals surface area contributed by atoms with Crippen molar-refractivity contribution in [1.29, 1.82) is 0 Å². The smallest absolute Gasteiger partial charge is 0.0284 e. The molecular formula is C41H44Br2. The lowest BCUT2D eigenvalue weighted by Crippen LogP contribution is -2.34. The Morgan fingerprint density at radius 2 is 1.16 bits per heavy atom. The molecule has 0 saturated heterocycles. The van der Waals surface area contributed by atoms with E-state index >= 15 is 0 Å². The summed E-state index contributed by atoms with van der Waals surface area (Å²) in [6.45, 7) is 4.78. The molecule has 2 atom stereocenters. The van der Waals surface area contributed by atoms with Crippen molar-refractivity contribution in [2.45, 2.75) is 108 Å². The van der Waals surface area contributed by atoms with Crippen LogP contribution in [-0.4, -0.2) is 0 Å². The molecule has 0 N–H and O–H groups in total. The maximum absolute atomic E-state index is 3.91. The Balaban J connectivity index is 1.27. The predicted molar refractivity (Wildman–Crippen MR) is 190 cm³/mol. The SMILES string of the molecule is CCCCCC(c1ccc2c(c1)CC2)C1(CCCCC(C)c2ccc3c(c2)CC3)c2cc(Br)ccc2-c2ccc(Br)cc21. The topological polar surface area (TPSA) is 0 Å². The number of hydrogen-bond acceptors (Lipinski definition) is 0. The van der Waals surface area contributed by atoms with Gasteiger partial charge in [-0.3, -0.25) is 0 Å². The molecule has 2 unspecified atom stereocenters. The van der Waals surface area contributed by atoms with E-state index in [1.807, 2.05) is 0 Å². The molecule has 0 bridgehead atoms. The summed E-state index contributed by atoms with van der Waals surface area (Å²) in [5.74, 6) is 1.07. The number of benzene rings is 4. The molecule has 0 aromatic heterocycles. The Bertz CT molecular complexity index is 1590. The highest BCUT2D eigenvalue weighted by Gasteiger charge is 2.49. The van der Waals surface area contributed by atoms with E-state index in [4.69, 9.17) is 0 Å². The van der Waals surface area contributed by atoms with Crippen molar-refractivity contribution in [3.05, 3.63) is 126 Å². The maximum Gasteiger partial charge on any atom is 0.0284 e. The van der Waals surface area contributed by atoms with E-state index in [9.17, 15) is 0 Å². The molecule has 0 amide bonds. The van der Waals surface area contributed by atoms with Crippen LogP contribution in [0.25, 0.3) is 11.1 Å². The highest BCUT2D eigenvalue weighted by molar-refractivity contribution is 9.10. The molecule has 4 aromatic carbocycles. The number of rotatable bonds is 12. The summed E-state index contributed by atoms with van der Waals surface area (Å²) >= 11 is 7.82. The van der Waals surface area contributed by atoms with E-state index in [1.165, 1.54) is 114 Å². The standard InChI is InChI=1S/C41H44Br2/c1-3-4-5-9-38(33-17-13-29-12-16-32(29)24-33)41(22-7-6-8-27(2)30-14-10-28-11-15-31(28)23-30)39-25-34(42)18-20-36(39)37-21-19-35(43)26-40(37)41/h10,13-14,17-21,23-27,38H,3-9,11-12,15-16,22H2,1-2H3. The lowest BCUT2D eigenvalue weighted by Gasteiger charge is -2.42. The van der Waals surface area contributed by atoms with E-state index in [0.717, 1.165) is 0 Å². The van der Waals surface area contributed by atoms with Crippen LogP contribution in [0, 0.1) is 0 Å². The van der Waals surface area contributed by atoms with Gasteiger partial charge in [0.1, 0.15) is 0 Å². The number of aryl methyl sites for hydroxylation is 4. The molecule has 0 aliphatic heterocycles. The van der Waals surface area contributed by atoms with Crippen LogP contribution in [0.15, 0.2) is 81.7 Å². The molecule has 3 aliphatic carbocycles. The molecule has 2 heteroatoms. The van der Waals surface area contributed by atoms with Crippen LogP contribution in [-0.2, 0) is 31.1 Å². The van der Waals surface area contributed by atoms with Crippen molar-refractivity contribution < 1.29 is 0 Å². The molecule has 0 heterocycles. The summed E-state index contributed by atoms with van der Waals surface area (Å²) in [6, 6.07) is 29.0. The van der Waals surface area contributed by atoms with Crippen LogP contribution in [0.3, 0.4) is 0 Å². The summed E-state index contributed by atoms with van der Waals surface area (Å²) in [6.07, 6.45) is 15.0. The molecule has 0 spiro atoms. The zero-order valence-corrected chi connectivity index (χ0v) is 29.0. The summed E-state index contributed by atoms with van der Waals surface area (Å²) in [5, 5.41) is 0. The van der Waals surface area contributed by atoms with Gasteiger partial charge in [-0.15, -0.1) is 0 Å². The van der Waals surface area contributed by atoms with Gasteiger partial charge < -0.3 is 0 Å². The van der Waals surface area contributed by atoms with Crippen molar-refractivity contribution in [1.82, 2.24) is 0 Å². The van der Waals surface area contributed by atoms with Crippen molar-refractivity contribution >= 4 is 31.9 Å². The molecule has 0 nitrogen and oxygen atoms in total. The Morgan fingerprint density at radius 1 is 0.605 bits per heavy atom. The highest BCUT2D eigenvalue weighted by Crippen LogP contribution is 2.60. The average Bonchev–Trinajstić information content (AvgIpc) is 3.23. The minimum absolute atomic E-state index is 0.0388. The van der Waals surface area contributed by atoms with Crippen molar-refractivity contribution in [2.24, 2.45) is 0 Å². The molecule has 43 heavy (non-hydrogen) atoms. The third-order valence-electron chi connectivity index (χ3n) is 11.1. The van der Waals surface area contributed by atoms with Crippen LogP contribution in [0.1, 0.15) is 122 Å². The quantitative estimate of drug-likeness (QED) is 0.129. The van der Waals surface area contributed by atoms with E-state index in [1.54, 1.807) is 27.8 Å². The fourth-order valence-corrected chi connectivity index (χ4v) is 9.20. The number of hydrogen-bond donors (Lipinski definition) is 0. The Kier molecular flexibility index (Phi) is 8.47. The number of fused-ring (bicyclic) bond motifs is 5. The largest absolute Gasteiger partial charge is 0.0654 e. The van der Waals surface area contributed by atoms with Crippen molar-refractivity contribution in [3.63, 3.8) is 0 Å². The first-order chi connectivity index (χ1) is 21.0. The van der Waals surface area contributed by atoms with Gasteiger partial charge in [-0.1, -0.05) is 126 Å². The van der Waals surface area contributed by atoms with Gasteiger partial charge in [-0.05, 0) is 137 Å². The second kappa shape index (κ2) is 12.3. The van der Waals surface area contributed by atoms with Gasteiger partial charge in [-0.25, -0.2) is 0 Å². The summed E-state index contributed by atoms with van der Waals surface area (Å²) in [5.41, 5.74) is 15.3. The van der Waals surface area contributed by atoms with Crippen LogP contribution < -0.4 is 0 Å². The van der Waals surface area contributed by atoms with Crippen LogP contribution in [0.5, 0.6) is 0 Å². The highest BCUT2D eigenvalue weighted by atomic mass is 79.9. The van der Waals surface area contributed by atoms with Crippen LogP contribution >= 0.6 is 31.9 Å². The maximum atomic E-state index is 3.91. The molecule has 0 radical (unpaired) electrons. The second-order valence-corrected chi connectivity index (χ2v) is 15.4. The van der Waals surface area contributed by atoms with E-state index in [0.29, 0.717) is 11.8 Å². The van der Waals surface area contributed by atoms with Gasteiger partial charge in [0, 0.05) is 14.4 Å². The van der Waals surface area contributed by atoms with Gasteiger partial charge in [0.15, 0.2) is 0 Å². The van der Waals surface area contributed by atoms with Gasteiger partial charge in [-0.2, -0.15) is 0 Å². The minimum Gasteiger partial charge on any atom is -0.0654 e. The van der Waals surface area contributed by atoms with Crippen molar-refractivity contribution in [3.8, 4) is 11.1 Å². The third-order valence-corrected chi connectivity index (χ3v) is 12.1. The first kappa shape index (κ1) is 29.5. The Hall–Kier alpha value is -2.16. The molecule has 0 saturated carbocycles. The summed E-state index contributed by atoms with van der Waals surface area (Å²) in [4.78, 5) is 0. The monoisotopic (exact) mass is 694 g/mol. The van der Waals surface area contributed by atoms with Gasteiger partial charge >= 0.3 is 0 Å². The molecule has 4 aromatic rings. The van der Waals surface area contributed by atoms with Gasteiger partial charge in [0.2, 0.25) is 0 Å². The molecule has 0 fully saturated rings. The normalized spacial score (nSPS) is 16.7. The first-order valence-corrected chi connectivity index (χ1v) is 18.4. The van der Waals surface area contributed by atoms with Crippen LogP contribution in [0.4, 0.5) is 0 Å². The predicted octanol–water partition coefficient (Wildman–Crippen LogP) is 12.4. The van der Waals surface area contributed by atoms with E-state index in [-0.39, 0.29) is 5.41 Å². The first-order valence-electron chi connectivity index (χ1n) is 16.8. The molecular weight excluding hydrogens is 652 g/mol. The molecule has 7 rings (SSSR count). The fourth-order valence-electron chi connectivity index (χ4n) is 8.48. The third kappa shape index (κ3) is 5.39. The number of halogens is 2. The van der Waals surface area contributed by atoms with Gasteiger partial charge in [0.25, 0.3) is 0 Å². The van der Waals surface area contributed by atoms with E-state index in [2.05, 4.69) is 119 Å². The zero-order chi connectivity index (χ0) is 29.6. The Morgan fingerprint density at radius 3 is 1.72 bits per heavy atom. The van der Waals surface area contributed by atoms with E-state index < -0.39 is 0 Å².